The number of aromatic hydroxyl groups is 1. The first-order chi connectivity index (χ1) is 15.9. The first kappa shape index (κ1) is 23.4. The smallest absolute Gasteiger partial charge is 0.296 e. The number of nitrogens with one attached hydrogen (secondary N) is 2. The Morgan fingerprint density at radius 3 is 2.64 bits per heavy atom. The van der Waals surface area contributed by atoms with Crippen molar-refractivity contribution in [1.29, 1.82) is 0 Å². The van der Waals surface area contributed by atoms with Crippen LogP contribution in [0.25, 0.3) is 0 Å². The zero-order valence-corrected chi connectivity index (χ0v) is 19.0. The first-order valence-electron chi connectivity index (χ1n) is 11.7. The Morgan fingerprint density at radius 1 is 1.18 bits per heavy atom. The number of carbonyl (C=O) groups is 1. The van der Waals surface area contributed by atoms with E-state index in [4.69, 9.17) is 0 Å². The molecule has 2 aromatic rings. The van der Waals surface area contributed by atoms with Crippen molar-refractivity contribution in [2.45, 2.75) is 51.2 Å². The highest BCUT2D eigenvalue weighted by Crippen LogP contribution is 2.25. The zero-order chi connectivity index (χ0) is 23.4. The summed E-state index contributed by atoms with van der Waals surface area (Å²) in [5, 5.41) is 16.7. The van der Waals surface area contributed by atoms with Crippen LogP contribution in [0.15, 0.2) is 29.1 Å². The molecule has 1 aromatic carbocycles. The fraction of sp³-hybridized carbons (Fsp3) is 0.542. The molecule has 2 aliphatic rings. The molecule has 0 bridgehead atoms. The minimum absolute atomic E-state index is 0.130. The van der Waals surface area contributed by atoms with Crippen molar-refractivity contribution in [2.24, 2.45) is 5.92 Å². The average Bonchev–Trinajstić information content (AvgIpc) is 2.98. The maximum absolute atomic E-state index is 13.1. The topological polar surface area (TPSA) is 99.5 Å². The van der Waals surface area contributed by atoms with Crippen molar-refractivity contribution < 1.29 is 14.3 Å². The van der Waals surface area contributed by atoms with Crippen LogP contribution >= 0.6 is 0 Å². The fourth-order valence-electron chi connectivity index (χ4n) is 4.68. The fourth-order valence-corrected chi connectivity index (χ4v) is 4.68. The highest BCUT2D eigenvalue weighted by Gasteiger charge is 2.29. The van der Waals surface area contributed by atoms with Crippen LogP contribution in [0.3, 0.4) is 0 Å². The number of aromatic nitrogens is 2. The Kier molecular flexibility index (Phi) is 7.39. The Morgan fingerprint density at radius 2 is 1.91 bits per heavy atom. The molecule has 1 unspecified atom stereocenters. The molecule has 0 radical (unpaired) electrons. The third-order valence-electron chi connectivity index (χ3n) is 6.65. The Balaban J connectivity index is 1.56. The lowest BCUT2D eigenvalue weighted by molar-refractivity contribution is 0.0941. The van der Waals surface area contributed by atoms with Crippen molar-refractivity contribution in [2.75, 3.05) is 26.7 Å². The molecule has 1 aliphatic carbocycles. The molecular formula is C24H32FN5O3. The van der Waals surface area contributed by atoms with E-state index < -0.39 is 17.2 Å². The van der Waals surface area contributed by atoms with Crippen LogP contribution < -0.4 is 16.2 Å². The molecule has 4 rings (SSSR count). The first-order valence-corrected chi connectivity index (χ1v) is 11.7. The number of likely N-dealkylation sites (N-methyl/N-ethyl adjacent to an activating group) is 1. The number of halogens is 1. The van der Waals surface area contributed by atoms with Crippen molar-refractivity contribution in [3.8, 4) is 5.75 Å². The summed E-state index contributed by atoms with van der Waals surface area (Å²) in [5.41, 5.74) is -0.182. The van der Waals surface area contributed by atoms with Gasteiger partial charge in [0.1, 0.15) is 11.6 Å². The number of rotatable bonds is 6. The second kappa shape index (κ2) is 10.4. The Bertz CT molecular complexity index is 1030. The van der Waals surface area contributed by atoms with Crippen LogP contribution in [-0.2, 0) is 13.1 Å². The lowest BCUT2D eigenvalue weighted by Gasteiger charge is -2.27. The summed E-state index contributed by atoms with van der Waals surface area (Å²) in [6, 6.07) is 5.53. The summed E-state index contributed by atoms with van der Waals surface area (Å²) >= 11 is 0. The van der Waals surface area contributed by atoms with E-state index in [9.17, 15) is 19.1 Å². The summed E-state index contributed by atoms with van der Waals surface area (Å²) in [4.78, 5) is 32.4. The number of carbonyl (C=O) groups excluding carboxylic acids is 1. The quantitative estimate of drug-likeness (QED) is 0.615. The number of fused-ring (bicyclic) bond motifs is 1. The van der Waals surface area contributed by atoms with Crippen LogP contribution in [0.2, 0.25) is 0 Å². The van der Waals surface area contributed by atoms with Gasteiger partial charge in [-0.05, 0) is 50.0 Å². The summed E-state index contributed by atoms with van der Waals surface area (Å²) in [5.74, 6) is -0.570. The maximum Gasteiger partial charge on any atom is 0.296 e. The number of amides is 1. The van der Waals surface area contributed by atoms with Crippen LogP contribution in [0.1, 0.15) is 60.0 Å². The Hall–Kier alpha value is -2.78. The number of hydrogen-bond acceptors (Lipinski definition) is 6. The largest absolute Gasteiger partial charge is 0.501 e. The standard InChI is InChI=1S/C24H32FN5O3/c1-29-11-12-30-22(19(15-29)26-13-16-5-3-2-4-6-16)28-20(21(31)24(30)33)23(32)27-14-17-7-9-18(25)10-8-17/h7-10,16,19,26,31H,2-6,11-15H2,1H3,(H,27,32). The SMILES string of the molecule is CN1CCn2c(nc(C(=O)NCc3ccc(F)cc3)c(O)c2=O)C(NCC2CCCCC2)C1. The molecule has 33 heavy (non-hydrogen) atoms. The van der Waals surface area contributed by atoms with Gasteiger partial charge in [0.25, 0.3) is 11.5 Å². The van der Waals surface area contributed by atoms with Crippen molar-refractivity contribution >= 4 is 5.91 Å². The summed E-state index contributed by atoms with van der Waals surface area (Å²) in [6.45, 7) is 2.66. The monoisotopic (exact) mass is 457 g/mol. The molecule has 178 valence electrons. The minimum Gasteiger partial charge on any atom is -0.501 e. The van der Waals surface area contributed by atoms with E-state index in [0.29, 0.717) is 36.9 Å². The third-order valence-corrected chi connectivity index (χ3v) is 6.65. The predicted molar refractivity (Wildman–Crippen MR) is 123 cm³/mol. The van der Waals surface area contributed by atoms with Crippen LogP contribution in [0, 0.1) is 11.7 Å². The molecule has 1 aromatic heterocycles. The van der Waals surface area contributed by atoms with E-state index in [-0.39, 0.29) is 24.1 Å². The second-order valence-corrected chi connectivity index (χ2v) is 9.16. The van der Waals surface area contributed by atoms with Gasteiger partial charge in [-0.1, -0.05) is 31.4 Å². The van der Waals surface area contributed by atoms with Crippen LogP contribution in [0.5, 0.6) is 5.75 Å². The maximum atomic E-state index is 13.1. The van der Waals surface area contributed by atoms with E-state index in [1.165, 1.54) is 48.8 Å². The van der Waals surface area contributed by atoms with Gasteiger partial charge in [-0.2, -0.15) is 0 Å². The van der Waals surface area contributed by atoms with E-state index >= 15 is 0 Å². The van der Waals surface area contributed by atoms with E-state index in [2.05, 4.69) is 20.5 Å². The van der Waals surface area contributed by atoms with Gasteiger partial charge in [0.15, 0.2) is 5.69 Å². The van der Waals surface area contributed by atoms with Gasteiger partial charge < -0.3 is 20.6 Å². The van der Waals surface area contributed by atoms with E-state index in [1.54, 1.807) is 12.1 Å². The predicted octanol–water partition coefficient (Wildman–Crippen LogP) is 2.17. The second-order valence-electron chi connectivity index (χ2n) is 9.16. The molecule has 0 spiro atoms. The van der Waals surface area contributed by atoms with Crippen molar-refractivity contribution in [3.63, 3.8) is 0 Å². The lowest BCUT2D eigenvalue weighted by Crippen LogP contribution is -2.38. The van der Waals surface area contributed by atoms with Gasteiger partial charge in [-0.25, -0.2) is 9.37 Å². The van der Waals surface area contributed by atoms with E-state index in [1.807, 2.05) is 7.05 Å². The highest BCUT2D eigenvalue weighted by atomic mass is 19.1. The molecule has 2 heterocycles. The average molecular weight is 458 g/mol. The van der Waals surface area contributed by atoms with Crippen LogP contribution in [0.4, 0.5) is 4.39 Å². The number of hydrogen-bond donors (Lipinski definition) is 3. The minimum atomic E-state index is -0.647. The summed E-state index contributed by atoms with van der Waals surface area (Å²) in [7, 11) is 1.99. The highest BCUT2D eigenvalue weighted by molar-refractivity contribution is 5.94. The Labute approximate surface area is 192 Å². The van der Waals surface area contributed by atoms with Crippen molar-refractivity contribution in [3.05, 3.63) is 57.5 Å². The molecule has 1 aliphatic heterocycles. The van der Waals surface area contributed by atoms with Gasteiger partial charge in [-0.15, -0.1) is 0 Å². The molecule has 0 saturated heterocycles. The number of benzene rings is 1. The molecule has 1 saturated carbocycles. The van der Waals surface area contributed by atoms with E-state index in [0.717, 1.165) is 6.54 Å². The zero-order valence-electron chi connectivity index (χ0n) is 19.0. The molecule has 8 nitrogen and oxygen atoms in total. The molecule has 1 amide bonds. The van der Waals surface area contributed by atoms with Crippen LogP contribution in [-0.4, -0.2) is 52.1 Å². The lowest BCUT2D eigenvalue weighted by atomic mass is 9.89. The number of nitrogens with zero attached hydrogens (tertiary/aromatic N) is 3. The van der Waals surface area contributed by atoms with Gasteiger partial charge >= 0.3 is 0 Å². The summed E-state index contributed by atoms with van der Waals surface area (Å²) in [6.07, 6.45) is 6.18. The van der Waals surface area contributed by atoms with Gasteiger partial charge in [0.2, 0.25) is 5.75 Å². The molecule has 9 heteroatoms. The molecule has 1 atom stereocenters. The molecule has 3 N–H and O–H groups in total. The molecular weight excluding hydrogens is 425 g/mol. The molecule has 1 fully saturated rings. The van der Waals surface area contributed by atoms with Gasteiger partial charge in [0.05, 0.1) is 6.04 Å². The normalized spacial score (nSPS) is 19.6. The third kappa shape index (κ3) is 5.59. The van der Waals surface area contributed by atoms with Gasteiger partial charge in [0, 0.05) is 26.2 Å². The summed E-state index contributed by atoms with van der Waals surface area (Å²) < 4.78 is 14.6. The van der Waals surface area contributed by atoms with Crippen molar-refractivity contribution in [1.82, 2.24) is 25.1 Å². The van der Waals surface area contributed by atoms with Gasteiger partial charge in [-0.3, -0.25) is 14.2 Å².